The Kier molecular flexibility index (Phi) is 4.10. The van der Waals surface area contributed by atoms with Gasteiger partial charge in [0.2, 0.25) is 0 Å². The van der Waals surface area contributed by atoms with Gasteiger partial charge in [0, 0.05) is 5.56 Å². The summed E-state index contributed by atoms with van der Waals surface area (Å²) in [5, 5.41) is 8.44. The third-order valence-electron chi connectivity index (χ3n) is 1.24. The van der Waals surface area contributed by atoms with Gasteiger partial charge in [-0.2, -0.15) is 0 Å². The van der Waals surface area contributed by atoms with E-state index in [0.717, 1.165) is 0 Å². The van der Waals surface area contributed by atoms with E-state index in [4.69, 9.17) is 5.11 Å². The molecule has 0 aromatic heterocycles. The minimum atomic E-state index is -0.413. The van der Waals surface area contributed by atoms with Crippen LogP contribution in [0.2, 0.25) is 0 Å². The molecule has 3 nitrogen and oxygen atoms in total. The zero-order chi connectivity index (χ0) is 7.40. The summed E-state index contributed by atoms with van der Waals surface area (Å²) in [5.41, 5.74) is 0.560. The first-order valence-corrected chi connectivity index (χ1v) is 3.03. The summed E-state index contributed by atoms with van der Waals surface area (Å²) in [5.74, 6) is -0.236. The Morgan fingerprint density at radius 3 is 2.27 bits per heavy atom. The lowest BCUT2D eigenvalue weighted by Crippen LogP contribution is -2.02. The maximum absolute atomic E-state index is 10.8. The highest BCUT2D eigenvalue weighted by atomic mass is 16.3. The van der Waals surface area contributed by atoms with Crippen LogP contribution in [0.3, 0.4) is 0 Å². The van der Waals surface area contributed by atoms with Gasteiger partial charge in [0.15, 0.2) is 5.78 Å². The molecule has 3 heteroatoms. The highest BCUT2D eigenvalue weighted by Gasteiger charge is 1.99. The van der Waals surface area contributed by atoms with Gasteiger partial charge in [0.25, 0.3) is 0 Å². The van der Waals surface area contributed by atoms with Crippen molar-refractivity contribution < 1.29 is 9.90 Å². The zero-order valence-electron chi connectivity index (χ0n) is 6.16. The minimum Gasteiger partial charge on any atom is -0.388 e. The molecule has 0 atom stereocenters. The van der Waals surface area contributed by atoms with E-state index in [2.05, 4.69) is 0 Å². The number of aliphatic hydroxyl groups excluding tert-OH is 1. The summed E-state index contributed by atoms with van der Waals surface area (Å²) >= 11 is 0. The van der Waals surface area contributed by atoms with E-state index in [1.807, 2.05) is 6.07 Å². The van der Waals surface area contributed by atoms with Gasteiger partial charge in [-0.3, -0.25) is 4.79 Å². The summed E-state index contributed by atoms with van der Waals surface area (Å²) in [6, 6.07) is 8.72. The van der Waals surface area contributed by atoms with Crippen LogP contribution in [-0.4, -0.2) is 17.5 Å². The highest BCUT2D eigenvalue weighted by molar-refractivity contribution is 5.96. The monoisotopic (exact) mass is 153 g/mol. The van der Waals surface area contributed by atoms with Crippen molar-refractivity contribution >= 4 is 5.78 Å². The van der Waals surface area contributed by atoms with Crippen LogP contribution < -0.4 is 6.15 Å². The van der Waals surface area contributed by atoms with Crippen LogP contribution in [0.25, 0.3) is 0 Å². The van der Waals surface area contributed by atoms with Crippen LogP contribution >= 0.6 is 0 Å². The third kappa shape index (κ3) is 2.49. The molecule has 0 spiro atoms. The smallest absolute Gasteiger partial charge is 0.188 e. The third-order valence-corrected chi connectivity index (χ3v) is 1.24. The number of carbonyl (C=O) groups excluding carboxylic acids is 1. The summed E-state index contributed by atoms with van der Waals surface area (Å²) < 4.78 is 0. The Morgan fingerprint density at radius 1 is 1.27 bits per heavy atom. The molecule has 60 valence electrons. The van der Waals surface area contributed by atoms with Crippen molar-refractivity contribution in [3.05, 3.63) is 35.9 Å². The summed E-state index contributed by atoms with van der Waals surface area (Å²) in [6.45, 7) is -0.413. The van der Waals surface area contributed by atoms with Crippen LogP contribution in [0, 0.1) is 0 Å². The zero-order valence-corrected chi connectivity index (χ0v) is 6.16. The van der Waals surface area contributed by atoms with Crippen molar-refractivity contribution in [2.75, 3.05) is 6.61 Å². The van der Waals surface area contributed by atoms with Gasteiger partial charge < -0.3 is 11.3 Å². The van der Waals surface area contributed by atoms with Crippen LogP contribution in [0.15, 0.2) is 30.3 Å². The minimum absolute atomic E-state index is 0. The van der Waals surface area contributed by atoms with E-state index in [1.54, 1.807) is 24.3 Å². The molecule has 4 N–H and O–H groups in total. The highest BCUT2D eigenvalue weighted by Crippen LogP contribution is 1.97. The summed E-state index contributed by atoms with van der Waals surface area (Å²) in [7, 11) is 0. The average Bonchev–Trinajstić information content (AvgIpc) is 2.05. The van der Waals surface area contributed by atoms with Crippen molar-refractivity contribution in [1.82, 2.24) is 6.15 Å². The van der Waals surface area contributed by atoms with E-state index in [-0.39, 0.29) is 11.9 Å². The molecule has 1 rings (SSSR count). The van der Waals surface area contributed by atoms with E-state index >= 15 is 0 Å². The van der Waals surface area contributed by atoms with E-state index in [9.17, 15) is 4.79 Å². The van der Waals surface area contributed by atoms with Crippen molar-refractivity contribution in [3.63, 3.8) is 0 Å². The topological polar surface area (TPSA) is 72.3 Å². The first-order chi connectivity index (χ1) is 4.84. The SMILES string of the molecule is N.O=C(CO)c1ccccc1. The molecular weight excluding hydrogens is 142 g/mol. The number of benzene rings is 1. The molecule has 0 saturated heterocycles. The second kappa shape index (κ2) is 4.60. The lowest BCUT2D eigenvalue weighted by atomic mass is 10.1. The Bertz CT molecular complexity index is 221. The van der Waals surface area contributed by atoms with Crippen molar-refractivity contribution in [2.45, 2.75) is 0 Å². The molecule has 0 amide bonds. The number of hydrogen-bond donors (Lipinski definition) is 2. The van der Waals surface area contributed by atoms with Gasteiger partial charge in [-0.05, 0) is 0 Å². The Labute approximate surface area is 65.3 Å². The molecule has 11 heavy (non-hydrogen) atoms. The molecule has 0 aliphatic carbocycles. The van der Waals surface area contributed by atoms with Gasteiger partial charge in [-0.25, -0.2) is 0 Å². The Morgan fingerprint density at radius 2 is 1.82 bits per heavy atom. The predicted octanol–water partition coefficient (Wildman–Crippen LogP) is 1.02. The molecule has 0 saturated carbocycles. The molecule has 1 aromatic rings. The number of rotatable bonds is 2. The van der Waals surface area contributed by atoms with Crippen LogP contribution in [0.4, 0.5) is 0 Å². The molecule has 0 aliphatic rings. The first-order valence-electron chi connectivity index (χ1n) is 3.03. The van der Waals surface area contributed by atoms with Gasteiger partial charge >= 0.3 is 0 Å². The van der Waals surface area contributed by atoms with Gasteiger partial charge in [0.1, 0.15) is 6.61 Å². The van der Waals surface area contributed by atoms with Gasteiger partial charge in [-0.1, -0.05) is 30.3 Å². The lowest BCUT2D eigenvalue weighted by molar-refractivity contribution is 0.0904. The number of carbonyl (C=O) groups is 1. The summed E-state index contributed by atoms with van der Waals surface area (Å²) in [6.07, 6.45) is 0. The average molecular weight is 153 g/mol. The number of aliphatic hydroxyl groups is 1. The fourth-order valence-corrected chi connectivity index (χ4v) is 0.715. The van der Waals surface area contributed by atoms with Crippen LogP contribution in [-0.2, 0) is 0 Å². The fourth-order valence-electron chi connectivity index (χ4n) is 0.715. The quantitative estimate of drug-likeness (QED) is 0.623. The van der Waals surface area contributed by atoms with E-state index in [1.165, 1.54) is 0 Å². The molecule has 0 bridgehead atoms. The molecule has 0 unspecified atom stereocenters. The molecular formula is C8H11NO2. The largest absolute Gasteiger partial charge is 0.388 e. The first kappa shape index (κ1) is 9.81. The molecule has 0 heterocycles. The second-order valence-corrected chi connectivity index (χ2v) is 1.95. The lowest BCUT2D eigenvalue weighted by Gasteiger charge is -1.93. The normalized spacial score (nSPS) is 8.45. The number of ketones is 1. The van der Waals surface area contributed by atoms with Gasteiger partial charge in [-0.15, -0.1) is 0 Å². The van der Waals surface area contributed by atoms with Gasteiger partial charge in [0.05, 0.1) is 0 Å². The second-order valence-electron chi connectivity index (χ2n) is 1.95. The standard InChI is InChI=1S/C8H8O2.H3N/c9-6-8(10)7-4-2-1-3-5-7;/h1-5,9H,6H2;1H3. The van der Waals surface area contributed by atoms with Crippen molar-refractivity contribution in [3.8, 4) is 0 Å². The van der Waals surface area contributed by atoms with Crippen molar-refractivity contribution in [1.29, 1.82) is 0 Å². The maximum atomic E-state index is 10.8. The fraction of sp³-hybridized carbons (Fsp3) is 0.125. The van der Waals surface area contributed by atoms with Crippen LogP contribution in [0.1, 0.15) is 10.4 Å². The Balaban J connectivity index is 0.000001000. The molecule has 0 aliphatic heterocycles. The predicted molar refractivity (Wildman–Crippen MR) is 42.9 cm³/mol. The van der Waals surface area contributed by atoms with E-state index < -0.39 is 6.61 Å². The molecule has 0 radical (unpaired) electrons. The number of hydrogen-bond acceptors (Lipinski definition) is 3. The Hall–Kier alpha value is -1.19. The maximum Gasteiger partial charge on any atom is 0.188 e. The number of Topliss-reactive ketones (excluding diaryl/α,β-unsaturated/α-hetero) is 1. The summed E-state index contributed by atoms with van der Waals surface area (Å²) in [4.78, 5) is 10.8. The van der Waals surface area contributed by atoms with Crippen molar-refractivity contribution in [2.24, 2.45) is 0 Å². The van der Waals surface area contributed by atoms with Crippen LogP contribution in [0.5, 0.6) is 0 Å². The molecule has 1 aromatic carbocycles. The molecule has 0 fully saturated rings. The van der Waals surface area contributed by atoms with E-state index in [0.29, 0.717) is 5.56 Å².